The first-order chi connectivity index (χ1) is 11.9. The maximum atomic E-state index is 13.0. The third-order valence-corrected chi connectivity index (χ3v) is 3.72. The van der Waals surface area contributed by atoms with Crippen LogP contribution in [0.2, 0.25) is 0 Å². The Morgan fingerprint density at radius 2 is 2.04 bits per heavy atom. The second-order valence-corrected chi connectivity index (χ2v) is 5.59. The molecule has 0 aliphatic heterocycles. The molecule has 1 unspecified atom stereocenters. The summed E-state index contributed by atoms with van der Waals surface area (Å²) < 4.78 is 45.2. The largest absolute Gasteiger partial charge is 0.433 e. The summed E-state index contributed by atoms with van der Waals surface area (Å²) >= 11 is 0. The van der Waals surface area contributed by atoms with Crippen molar-refractivity contribution in [3.05, 3.63) is 48.0 Å². The van der Waals surface area contributed by atoms with Crippen LogP contribution in [0.1, 0.15) is 18.4 Å². The van der Waals surface area contributed by atoms with E-state index in [4.69, 9.17) is 4.52 Å². The standard InChI is InChI=1S/C16H16F3N5O.ClH/c1-10(20-2)8-14-22-15(25-23-14)11-4-3-5-12(9-11)24-13(6-7-21-24)16(17,18)19;/h3-7,9-10,20H,8H2,1-2H3;1H. The van der Waals surface area contributed by atoms with Gasteiger partial charge in [0.15, 0.2) is 5.82 Å². The summed E-state index contributed by atoms with van der Waals surface area (Å²) in [4.78, 5) is 4.29. The molecule has 2 heterocycles. The van der Waals surface area contributed by atoms with E-state index in [9.17, 15) is 13.2 Å². The predicted octanol–water partition coefficient (Wildman–Crippen LogP) is 3.51. The molecule has 0 saturated heterocycles. The molecule has 1 aromatic carbocycles. The molecule has 3 aromatic rings. The second-order valence-electron chi connectivity index (χ2n) is 5.59. The molecule has 0 amide bonds. The lowest BCUT2D eigenvalue weighted by atomic mass is 10.2. The van der Waals surface area contributed by atoms with E-state index in [1.54, 1.807) is 12.1 Å². The Kier molecular flexibility index (Phi) is 6.04. The van der Waals surface area contributed by atoms with Gasteiger partial charge in [0, 0.05) is 18.0 Å². The van der Waals surface area contributed by atoms with Crippen LogP contribution in [0.3, 0.4) is 0 Å². The van der Waals surface area contributed by atoms with Crippen molar-refractivity contribution >= 4 is 12.4 Å². The van der Waals surface area contributed by atoms with E-state index in [-0.39, 0.29) is 30.0 Å². The van der Waals surface area contributed by atoms with Gasteiger partial charge in [0.1, 0.15) is 5.69 Å². The van der Waals surface area contributed by atoms with Gasteiger partial charge in [-0.05, 0) is 38.2 Å². The van der Waals surface area contributed by atoms with Gasteiger partial charge in [-0.15, -0.1) is 12.4 Å². The van der Waals surface area contributed by atoms with Crippen molar-refractivity contribution in [2.24, 2.45) is 0 Å². The van der Waals surface area contributed by atoms with Gasteiger partial charge in [0.05, 0.1) is 11.9 Å². The highest BCUT2D eigenvalue weighted by Crippen LogP contribution is 2.31. The Morgan fingerprint density at radius 1 is 1.27 bits per heavy atom. The summed E-state index contributed by atoms with van der Waals surface area (Å²) in [5.41, 5.74) is -0.0612. The van der Waals surface area contributed by atoms with Crippen LogP contribution in [0.15, 0.2) is 41.1 Å². The highest BCUT2D eigenvalue weighted by atomic mass is 35.5. The molecule has 0 aliphatic rings. The number of nitrogens with one attached hydrogen (secondary N) is 1. The van der Waals surface area contributed by atoms with Gasteiger partial charge < -0.3 is 9.84 Å². The summed E-state index contributed by atoms with van der Waals surface area (Å²) in [5.74, 6) is 0.776. The Hall–Kier alpha value is -2.39. The molecular weight excluding hydrogens is 371 g/mol. The predicted molar refractivity (Wildman–Crippen MR) is 91.3 cm³/mol. The van der Waals surface area contributed by atoms with E-state index in [1.165, 1.54) is 12.1 Å². The minimum Gasteiger partial charge on any atom is -0.334 e. The summed E-state index contributed by atoms with van der Waals surface area (Å²) in [6, 6.07) is 7.48. The monoisotopic (exact) mass is 387 g/mol. The number of hydrogen-bond acceptors (Lipinski definition) is 5. The van der Waals surface area contributed by atoms with E-state index < -0.39 is 11.9 Å². The summed E-state index contributed by atoms with van der Waals surface area (Å²) in [6.07, 6.45) is -2.80. The number of aromatic nitrogens is 4. The smallest absolute Gasteiger partial charge is 0.334 e. The lowest BCUT2D eigenvalue weighted by Gasteiger charge is -2.10. The molecule has 1 N–H and O–H groups in total. The molecule has 0 fully saturated rings. The van der Waals surface area contributed by atoms with Crippen molar-refractivity contribution in [2.75, 3.05) is 7.05 Å². The zero-order chi connectivity index (χ0) is 18.0. The molecule has 2 aromatic heterocycles. The molecule has 0 spiro atoms. The van der Waals surface area contributed by atoms with E-state index in [2.05, 4.69) is 20.6 Å². The molecule has 26 heavy (non-hydrogen) atoms. The normalized spacial score (nSPS) is 12.7. The van der Waals surface area contributed by atoms with E-state index >= 15 is 0 Å². The van der Waals surface area contributed by atoms with Gasteiger partial charge >= 0.3 is 6.18 Å². The fraction of sp³-hybridized carbons (Fsp3) is 0.312. The van der Waals surface area contributed by atoms with Crippen LogP contribution < -0.4 is 5.32 Å². The van der Waals surface area contributed by atoms with Crippen molar-refractivity contribution in [1.82, 2.24) is 25.2 Å². The average molecular weight is 388 g/mol. The third-order valence-electron chi connectivity index (χ3n) is 3.72. The van der Waals surface area contributed by atoms with Crippen LogP contribution in [-0.2, 0) is 12.6 Å². The first-order valence-electron chi connectivity index (χ1n) is 7.60. The second kappa shape index (κ2) is 7.88. The number of alkyl halides is 3. The van der Waals surface area contributed by atoms with E-state index in [1.807, 2.05) is 14.0 Å². The highest BCUT2D eigenvalue weighted by molar-refractivity contribution is 5.85. The zero-order valence-electron chi connectivity index (χ0n) is 14.0. The number of hydrogen-bond donors (Lipinski definition) is 1. The van der Waals surface area contributed by atoms with Crippen LogP contribution in [0, 0.1) is 0 Å². The lowest BCUT2D eigenvalue weighted by molar-refractivity contribution is -0.142. The SMILES string of the molecule is CNC(C)Cc1noc(-c2cccc(-n3nccc3C(F)(F)F)c2)n1.Cl. The quantitative estimate of drug-likeness (QED) is 0.725. The Bertz CT molecular complexity index is 861. The first-order valence-corrected chi connectivity index (χ1v) is 7.60. The Labute approximate surface area is 153 Å². The topological polar surface area (TPSA) is 68.8 Å². The van der Waals surface area contributed by atoms with Crippen molar-refractivity contribution in [1.29, 1.82) is 0 Å². The van der Waals surface area contributed by atoms with Crippen LogP contribution in [0.4, 0.5) is 13.2 Å². The van der Waals surface area contributed by atoms with E-state index in [0.717, 1.165) is 16.9 Å². The summed E-state index contributed by atoms with van der Waals surface area (Å²) in [5, 5.41) is 10.7. The molecule has 0 bridgehead atoms. The van der Waals surface area contributed by atoms with Gasteiger partial charge in [-0.1, -0.05) is 11.2 Å². The molecular formula is C16H17ClF3N5O. The van der Waals surface area contributed by atoms with Crippen molar-refractivity contribution in [3.8, 4) is 17.1 Å². The third kappa shape index (κ3) is 4.23. The summed E-state index contributed by atoms with van der Waals surface area (Å²) in [7, 11) is 1.83. The van der Waals surface area contributed by atoms with Gasteiger partial charge in [-0.3, -0.25) is 0 Å². The highest BCUT2D eigenvalue weighted by Gasteiger charge is 2.35. The number of halogens is 4. The Morgan fingerprint density at radius 3 is 2.73 bits per heavy atom. The van der Waals surface area contributed by atoms with Crippen LogP contribution in [0.5, 0.6) is 0 Å². The van der Waals surface area contributed by atoms with Crippen LogP contribution in [-0.4, -0.2) is 33.0 Å². The van der Waals surface area contributed by atoms with Crippen molar-refractivity contribution in [2.45, 2.75) is 25.6 Å². The van der Waals surface area contributed by atoms with Crippen molar-refractivity contribution in [3.63, 3.8) is 0 Å². The molecule has 0 aliphatic carbocycles. The van der Waals surface area contributed by atoms with Crippen molar-refractivity contribution < 1.29 is 17.7 Å². The summed E-state index contributed by atoms with van der Waals surface area (Å²) in [6.45, 7) is 1.98. The molecule has 6 nitrogen and oxygen atoms in total. The average Bonchev–Trinajstić information content (AvgIpc) is 3.23. The van der Waals surface area contributed by atoms with Crippen LogP contribution in [0.25, 0.3) is 17.1 Å². The molecule has 0 saturated carbocycles. The zero-order valence-corrected chi connectivity index (χ0v) is 14.8. The maximum absolute atomic E-state index is 13.0. The van der Waals surface area contributed by atoms with Gasteiger partial charge in [-0.2, -0.15) is 23.3 Å². The van der Waals surface area contributed by atoms with Gasteiger partial charge in [-0.25, -0.2) is 4.68 Å². The molecule has 0 radical (unpaired) electrons. The van der Waals surface area contributed by atoms with E-state index in [0.29, 0.717) is 17.8 Å². The fourth-order valence-electron chi connectivity index (χ4n) is 2.32. The van der Waals surface area contributed by atoms with Crippen LogP contribution >= 0.6 is 12.4 Å². The number of nitrogens with zero attached hydrogens (tertiary/aromatic N) is 4. The fourth-order valence-corrected chi connectivity index (χ4v) is 2.32. The number of rotatable bonds is 5. The Balaban J connectivity index is 0.00000243. The van der Waals surface area contributed by atoms with Gasteiger partial charge in [0.25, 0.3) is 5.89 Å². The van der Waals surface area contributed by atoms with Gasteiger partial charge in [0.2, 0.25) is 0 Å². The molecule has 140 valence electrons. The molecule has 3 rings (SSSR count). The minimum absolute atomic E-state index is 0. The number of likely N-dealkylation sites (N-methyl/N-ethyl adjacent to an activating group) is 1. The molecule has 1 atom stereocenters. The maximum Gasteiger partial charge on any atom is 0.433 e. The number of benzene rings is 1. The molecule has 10 heteroatoms. The minimum atomic E-state index is -4.49. The first kappa shape index (κ1) is 19.9. The lowest BCUT2D eigenvalue weighted by Crippen LogP contribution is -2.24.